The lowest BCUT2D eigenvalue weighted by atomic mass is 10.0. The molecule has 124 valence electrons. The first-order valence-corrected chi connectivity index (χ1v) is 7.50. The standard InChI is InChI=1S/C18H20F3NO/c1-14(12-15-6-3-2-4-7-15)22(10-11-23)17-9-5-8-16(13-17)18(19,20)21/h2-9,13-14,23H,10-12H2,1H3. The SMILES string of the molecule is CC(Cc1ccccc1)N(CCO)c1cccc(C(F)(F)F)c1. The van der Waals surface area contributed by atoms with Crippen LogP contribution in [0.25, 0.3) is 0 Å². The van der Waals surface area contributed by atoms with Gasteiger partial charge in [-0.2, -0.15) is 13.2 Å². The van der Waals surface area contributed by atoms with E-state index in [4.69, 9.17) is 0 Å². The van der Waals surface area contributed by atoms with Crippen molar-refractivity contribution in [3.63, 3.8) is 0 Å². The molecule has 2 nitrogen and oxygen atoms in total. The van der Waals surface area contributed by atoms with Gasteiger partial charge in [0.15, 0.2) is 0 Å². The quantitative estimate of drug-likeness (QED) is 0.864. The van der Waals surface area contributed by atoms with E-state index in [2.05, 4.69) is 0 Å². The van der Waals surface area contributed by atoms with E-state index in [1.165, 1.54) is 6.07 Å². The van der Waals surface area contributed by atoms with Crippen molar-refractivity contribution in [2.75, 3.05) is 18.1 Å². The Morgan fingerprint density at radius 1 is 1.04 bits per heavy atom. The van der Waals surface area contributed by atoms with Crippen LogP contribution < -0.4 is 4.90 Å². The zero-order chi connectivity index (χ0) is 16.9. The van der Waals surface area contributed by atoms with E-state index in [0.717, 1.165) is 17.7 Å². The van der Waals surface area contributed by atoms with Gasteiger partial charge in [0.05, 0.1) is 12.2 Å². The maximum atomic E-state index is 12.9. The Labute approximate surface area is 134 Å². The lowest BCUT2D eigenvalue weighted by Gasteiger charge is -2.31. The molecule has 0 bridgehead atoms. The first-order valence-electron chi connectivity index (χ1n) is 7.50. The third-order valence-electron chi connectivity index (χ3n) is 3.75. The highest BCUT2D eigenvalue weighted by molar-refractivity contribution is 5.50. The summed E-state index contributed by atoms with van der Waals surface area (Å²) in [6, 6.07) is 15.0. The zero-order valence-corrected chi connectivity index (χ0v) is 12.9. The van der Waals surface area contributed by atoms with Gasteiger partial charge in [-0.25, -0.2) is 0 Å². The van der Waals surface area contributed by atoms with E-state index >= 15 is 0 Å². The fourth-order valence-corrected chi connectivity index (χ4v) is 2.64. The van der Waals surface area contributed by atoms with E-state index in [0.29, 0.717) is 12.1 Å². The van der Waals surface area contributed by atoms with Gasteiger partial charge in [-0.1, -0.05) is 36.4 Å². The van der Waals surface area contributed by atoms with Gasteiger partial charge >= 0.3 is 6.18 Å². The number of aliphatic hydroxyl groups excluding tert-OH is 1. The fraction of sp³-hybridized carbons (Fsp3) is 0.333. The van der Waals surface area contributed by atoms with Crippen molar-refractivity contribution in [2.24, 2.45) is 0 Å². The molecule has 0 saturated heterocycles. The number of benzene rings is 2. The van der Waals surface area contributed by atoms with Crippen LogP contribution in [0.1, 0.15) is 18.1 Å². The second-order valence-corrected chi connectivity index (χ2v) is 5.50. The summed E-state index contributed by atoms with van der Waals surface area (Å²) in [4.78, 5) is 1.81. The van der Waals surface area contributed by atoms with Crippen molar-refractivity contribution in [2.45, 2.75) is 25.6 Å². The fourth-order valence-electron chi connectivity index (χ4n) is 2.64. The van der Waals surface area contributed by atoms with Gasteiger partial charge in [0.2, 0.25) is 0 Å². The monoisotopic (exact) mass is 323 g/mol. The Balaban J connectivity index is 2.24. The van der Waals surface area contributed by atoms with Crippen molar-refractivity contribution in [3.05, 3.63) is 65.7 Å². The Morgan fingerprint density at radius 2 is 1.74 bits per heavy atom. The van der Waals surface area contributed by atoms with E-state index in [9.17, 15) is 18.3 Å². The number of alkyl halides is 3. The molecule has 0 radical (unpaired) electrons. The maximum absolute atomic E-state index is 12.9. The van der Waals surface area contributed by atoms with Crippen molar-refractivity contribution < 1.29 is 18.3 Å². The minimum Gasteiger partial charge on any atom is -0.395 e. The Hall–Kier alpha value is -2.01. The number of aliphatic hydroxyl groups is 1. The summed E-state index contributed by atoms with van der Waals surface area (Å²) in [6.45, 7) is 2.12. The van der Waals surface area contributed by atoms with Crippen LogP contribution in [0.2, 0.25) is 0 Å². The van der Waals surface area contributed by atoms with Crippen LogP contribution in [0.4, 0.5) is 18.9 Å². The number of hydrogen-bond donors (Lipinski definition) is 1. The highest BCUT2D eigenvalue weighted by Crippen LogP contribution is 2.32. The predicted octanol–water partition coefficient (Wildman–Crippen LogP) is 4.14. The van der Waals surface area contributed by atoms with Gasteiger partial charge < -0.3 is 10.0 Å². The largest absolute Gasteiger partial charge is 0.416 e. The molecule has 0 fully saturated rings. The topological polar surface area (TPSA) is 23.5 Å². The van der Waals surface area contributed by atoms with E-state index in [1.54, 1.807) is 6.07 Å². The second-order valence-electron chi connectivity index (χ2n) is 5.50. The van der Waals surface area contributed by atoms with Crippen LogP contribution in [-0.2, 0) is 12.6 Å². The molecule has 1 N–H and O–H groups in total. The molecule has 0 aliphatic heterocycles. The summed E-state index contributed by atoms with van der Waals surface area (Å²) in [5, 5.41) is 9.28. The predicted molar refractivity (Wildman–Crippen MR) is 85.5 cm³/mol. The minimum atomic E-state index is -4.37. The average Bonchev–Trinajstić information content (AvgIpc) is 2.53. The lowest BCUT2D eigenvalue weighted by molar-refractivity contribution is -0.137. The smallest absolute Gasteiger partial charge is 0.395 e. The normalized spacial score (nSPS) is 12.9. The molecule has 0 saturated carbocycles. The average molecular weight is 323 g/mol. The molecule has 23 heavy (non-hydrogen) atoms. The molecule has 0 aliphatic rings. The Morgan fingerprint density at radius 3 is 2.35 bits per heavy atom. The molecule has 1 atom stereocenters. The molecule has 0 amide bonds. The van der Waals surface area contributed by atoms with Crippen molar-refractivity contribution in [1.82, 2.24) is 0 Å². The molecule has 2 aromatic carbocycles. The summed E-state index contributed by atoms with van der Waals surface area (Å²) < 4.78 is 38.7. The van der Waals surface area contributed by atoms with Gasteiger partial charge in [0, 0.05) is 18.3 Å². The number of anilines is 1. The molecule has 2 aromatic rings. The number of rotatable bonds is 6. The third-order valence-corrected chi connectivity index (χ3v) is 3.75. The molecule has 1 unspecified atom stereocenters. The zero-order valence-electron chi connectivity index (χ0n) is 12.9. The van der Waals surface area contributed by atoms with E-state index in [1.807, 2.05) is 42.2 Å². The second kappa shape index (κ2) is 7.51. The molecular weight excluding hydrogens is 303 g/mol. The number of nitrogens with zero attached hydrogens (tertiary/aromatic N) is 1. The Kier molecular flexibility index (Phi) is 5.66. The van der Waals surface area contributed by atoms with Gasteiger partial charge in [0.25, 0.3) is 0 Å². The van der Waals surface area contributed by atoms with Crippen LogP contribution in [-0.4, -0.2) is 24.3 Å². The molecule has 0 heterocycles. The maximum Gasteiger partial charge on any atom is 0.416 e. The van der Waals surface area contributed by atoms with Gasteiger partial charge in [0.1, 0.15) is 0 Å². The molecule has 0 spiro atoms. The van der Waals surface area contributed by atoms with E-state index in [-0.39, 0.29) is 19.2 Å². The minimum absolute atomic E-state index is 0.0342. The summed E-state index contributed by atoms with van der Waals surface area (Å²) in [5.41, 5.74) is 0.900. The van der Waals surface area contributed by atoms with Crippen LogP contribution in [0.5, 0.6) is 0 Å². The Bertz CT molecular complexity index is 613. The first-order chi connectivity index (χ1) is 10.9. The highest BCUT2D eigenvalue weighted by Gasteiger charge is 2.31. The summed E-state index contributed by atoms with van der Waals surface area (Å²) >= 11 is 0. The highest BCUT2D eigenvalue weighted by atomic mass is 19.4. The summed E-state index contributed by atoms with van der Waals surface area (Å²) in [5.74, 6) is 0. The van der Waals surface area contributed by atoms with Crippen LogP contribution >= 0.6 is 0 Å². The lowest BCUT2D eigenvalue weighted by Crippen LogP contribution is -2.37. The molecular formula is C18H20F3NO. The molecule has 0 aromatic heterocycles. The van der Waals surface area contributed by atoms with Crippen molar-refractivity contribution >= 4 is 5.69 Å². The molecule has 5 heteroatoms. The van der Waals surface area contributed by atoms with Gasteiger partial charge in [-0.05, 0) is 37.1 Å². The van der Waals surface area contributed by atoms with Crippen LogP contribution in [0.15, 0.2) is 54.6 Å². The third kappa shape index (κ3) is 4.73. The van der Waals surface area contributed by atoms with Crippen LogP contribution in [0.3, 0.4) is 0 Å². The molecule has 2 rings (SSSR count). The number of hydrogen-bond acceptors (Lipinski definition) is 2. The van der Waals surface area contributed by atoms with E-state index < -0.39 is 11.7 Å². The van der Waals surface area contributed by atoms with Crippen LogP contribution in [0, 0.1) is 0 Å². The number of halogens is 3. The van der Waals surface area contributed by atoms with Gasteiger partial charge in [-0.3, -0.25) is 0 Å². The first kappa shape index (κ1) is 17.3. The molecule has 0 aliphatic carbocycles. The van der Waals surface area contributed by atoms with Crippen molar-refractivity contribution in [1.29, 1.82) is 0 Å². The summed E-state index contributed by atoms with van der Waals surface area (Å²) in [6.07, 6.45) is -3.68. The van der Waals surface area contributed by atoms with Crippen molar-refractivity contribution in [3.8, 4) is 0 Å². The van der Waals surface area contributed by atoms with Gasteiger partial charge in [-0.15, -0.1) is 0 Å². The summed E-state index contributed by atoms with van der Waals surface area (Å²) in [7, 11) is 0.